The second-order valence-corrected chi connectivity index (χ2v) is 6.67. The average molecular weight is 359 g/mol. The van der Waals surface area contributed by atoms with Gasteiger partial charge < -0.3 is 24.7 Å². The predicted octanol–water partition coefficient (Wildman–Crippen LogP) is 0.226. The van der Waals surface area contributed by atoms with Crippen molar-refractivity contribution >= 4 is 23.7 Å². The third-order valence-corrected chi connectivity index (χ3v) is 4.65. The molecule has 0 saturated carbocycles. The molecule has 1 saturated heterocycles. The van der Waals surface area contributed by atoms with Gasteiger partial charge >= 0.3 is 0 Å². The topological polar surface area (TPSA) is 103 Å². The Morgan fingerprint density at radius 1 is 1.54 bits per heavy atom. The summed E-state index contributed by atoms with van der Waals surface area (Å²) in [5.41, 5.74) is 0.802. The third-order valence-electron chi connectivity index (χ3n) is 3.59. The lowest BCUT2D eigenvalue weighted by molar-refractivity contribution is -0.122. The highest BCUT2D eigenvalue weighted by molar-refractivity contribution is 7.13. The number of carbonyl (C=O) groups is 2. The fourth-order valence-corrected chi connectivity index (χ4v) is 3.43. The molecular weight excluding hydrogens is 334 g/mol. The molecule has 9 heteroatoms. The van der Waals surface area contributed by atoms with Crippen LogP contribution < -0.4 is 0 Å². The number of hydrogen-bond donors (Lipinski definition) is 2. The van der Waals surface area contributed by atoms with Gasteiger partial charge in [0.25, 0.3) is 12.4 Å². The molecule has 0 bridgehead atoms. The predicted molar refractivity (Wildman–Crippen MR) is 90.5 cm³/mol. The monoisotopic (exact) mass is 359 g/mol. The molecule has 1 aromatic rings. The molecule has 24 heavy (non-hydrogen) atoms. The van der Waals surface area contributed by atoms with Crippen LogP contribution in [0.2, 0.25) is 0 Å². The minimum absolute atomic E-state index is 0.0182. The molecule has 0 aliphatic carbocycles. The molecule has 8 nitrogen and oxygen atoms in total. The molecule has 2 N–H and O–H groups in total. The molecule has 1 unspecified atom stereocenters. The summed E-state index contributed by atoms with van der Waals surface area (Å²) in [5.74, 6) is 0.0452. The fraction of sp³-hybridized carbons (Fsp3) is 0.667. The van der Waals surface area contributed by atoms with E-state index in [0.717, 1.165) is 15.6 Å². The van der Waals surface area contributed by atoms with Crippen molar-refractivity contribution in [3.8, 4) is 0 Å². The normalized spacial score (nSPS) is 17.4. The largest absolute Gasteiger partial charge is 0.483 e. The van der Waals surface area contributed by atoms with Crippen molar-refractivity contribution in [2.75, 3.05) is 46.5 Å². The summed E-state index contributed by atoms with van der Waals surface area (Å²) < 4.78 is 5.52. The number of hydrogen-bond acceptors (Lipinski definition) is 7. The highest BCUT2D eigenvalue weighted by Gasteiger charge is 2.30. The molecule has 0 spiro atoms. The number of aryl methyl sites for hydroxylation is 2. The molecule has 1 aliphatic heterocycles. The summed E-state index contributed by atoms with van der Waals surface area (Å²) in [6.07, 6.45) is 0. The molecule has 1 aromatic heterocycles. The van der Waals surface area contributed by atoms with Crippen LogP contribution in [0.5, 0.6) is 0 Å². The minimum Gasteiger partial charge on any atom is -0.483 e. The second-order valence-electron chi connectivity index (χ2n) is 5.47. The second kappa shape index (κ2) is 10.3. The van der Waals surface area contributed by atoms with Crippen LogP contribution in [0, 0.1) is 13.8 Å². The van der Waals surface area contributed by atoms with E-state index in [0.29, 0.717) is 32.8 Å². The summed E-state index contributed by atoms with van der Waals surface area (Å²) >= 11 is 1.45. The first-order valence-electron chi connectivity index (χ1n) is 7.64. The van der Waals surface area contributed by atoms with Gasteiger partial charge in [0, 0.05) is 19.6 Å². The molecule has 1 fully saturated rings. The molecule has 1 amide bonds. The number of ether oxygens (including phenoxy) is 1. The van der Waals surface area contributed by atoms with E-state index in [2.05, 4.69) is 4.98 Å². The molecule has 0 radical (unpaired) electrons. The summed E-state index contributed by atoms with van der Waals surface area (Å²) in [6.45, 7) is 6.67. The van der Waals surface area contributed by atoms with E-state index < -0.39 is 0 Å². The number of likely N-dealkylation sites (N-methyl/N-ethyl adjacent to an activating group) is 1. The summed E-state index contributed by atoms with van der Waals surface area (Å²) in [4.78, 5) is 30.1. The molecule has 1 atom stereocenters. The van der Waals surface area contributed by atoms with Gasteiger partial charge in [-0.1, -0.05) is 0 Å². The van der Waals surface area contributed by atoms with E-state index in [1.807, 2.05) is 30.7 Å². The number of carbonyl (C=O) groups excluding carboxylic acids is 1. The van der Waals surface area contributed by atoms with Crippen LogP contribution in [0.3, 0.4) is 0 Å². The van der Waals surface area contributed by atoms with E-state index in [9.17, 15) is 4.79 Å². The third kappa shape index (κ3) is 5.82. The van der Waals surface area contributed by atoms with Gasteiger partial charge in [-0.3, -0.25) is 9.59 Å². The molecule has 136 valence electrons. The number of amides is 1. The Bertz CT molecular complexity index is 537. The number of morpholine rings is 1. The van der Waals surface area contributed by atoms with Gasteiger partial charge in [0.2, 0.25) is 0 Å². The first kappa shape index (κ1) is 20.5. The Kier molecular flexibility index (Phi) is 8.83. The minimum atomic E-state index is -0.250. The van der Waals surface area contributed by atoms with Crippen LogP contribution in [0.1, 0.15) is 20.4 Å². The average Bonchev–Trinajstić information content (AvgIpc) is 2.87. The Morgan fingerprint density at radius 2 is 2.21 bits per heavy atom. The van der Waals surface area contributed by atoms with E-state index in [1.165, 1.54) is 11.3 Å². The number of thiazole rings is 1. The van der Waals surface area contributed by atoms with Crippen molar-refractivity contribution in [1.29, 1.82) is 0 Å². The van der Waals surface area contributed by atoms with Crippen molar-refractivity contribution in [3.05, 3.63) is 15.6 Å². The number of nitrogens with zero attached hydrogens (tertiary/aromatic N) is 3. The number of carboxylic acid groups (broad SMARTS) is 1. The first-order chi connectivity index (χ1) is 11.4. The zero-order chi connectivity index (χ0) is 18.1. The van der Waals surface area contributed by atoms with Gasteiger partial charge in [0.1, 0.15) is 4.88 Å². The van der Waals surface area contributed by atoms with Crippen molar-refractivity contribution in [3.63, 3.8) is 0 Å². The number of rotatable bonds is 5. The fourth-order valence-electron chi connectivity index (χ4n) is 2.56. The Hall–Kier alpha value is -1.55. The first-order valence-corrected chi connectivity index (χ1v) is 8.46. The maximum Gasteiger partial charge on any atom is 0.290 e. The molecule has 2 rings (SSSR count). The lowest BCUT2D eigenvalue weighted by Gasteiger charge is -2.37. The van der Waals surface area contributed by atoms with E-state index in [1.54, 1.807) is 0 Å². The highest BCUT2D eigenvalue weighted by Crippen LogP contribution is 2.21. The summed E-state index contributed by atoms with van der Waals surface area (Å²) in [6, 6.07) is 0.0182. The van der Waals surface area contributed by atoms with Crippen LogP contribution >= 0.6 is 11.3 Å². The van der Waals surface area contributed by atoms with Crippen LogP contribution in [0.25, 0.3) is 0 Å². The zero-order valence-electron chi connectivity index (χ0n) is 14.3. The smallest absolute Gasteiger partial charge is 0.290 e. The molecular formula is C15H25N3O5S. The number of aliphatic hydroxyl groups excluding tert-OH is 1. The Labute approximate surface area is 145 Å². The summed E-state index contributed by atoms with van der Waals surface area (Å²) in [5, 5.41) is 16.8. The lowest BCUT2D eigenvalue weighted by atomic mass is 10.2. The quantitative estimate of drug-likeness (QED) is 0.725. The molecule has 0 aromatic carbocycles. The van der Waals surface area contributed by atoms with Gasteiger partial charge in [-0.25, -0.2) is 4.98 Å². The zero-order valence-corrected chi connectivity index (χ0v) is 15.1. The van der Waals surface area contributed by atoms with Crippen molar-refractivity contribution in [2.45, 2.75) is 19.9 Å². The van der Waals surface area contributed by atoms with Crippen LogP contribution in [-0.4, -0.2) is 89.9 Å². The standard InChI is InChI=1S/C14H23N3O3S.CH2O2/c1-10-13(21-11(2)15-10)14(19)17-5-7-20-9-12(17)8-16(3)4-6-18;2-1-3/h12,18H,4-9H2,1-3H3;1H,(H,2,3). The maximum atomic E-state index is 12.8. The van der Waals surface area contributed by atoms with Crippen LogP contribution in [0.4, 0.5) is 0 Å². The van der Waals surface area contributed by atoms with E-state index in [-0.39, 0.29) is 25.0 Å². The van der Waals surface area contributed by atoms with Gasteiger partial charge in [0.05, 0.1) is 36.6 Å². The molecule has 1 aliphatic rings. The summed E-state index contributed by atoms with van der Waals surface area (Å²) in [7, 11) is 1.94. The van der Waals surface area contributed by atoms with Crippen LogP contribution in [0.15, 0.2) is 0 Å². The van der Waals surface area contributed by atoms with Gasteiger partial charge in [-0.15, -0.1) is 11.3 Å². The highest BCUT2D eigenvalue weighted by atomic mass is 32.1. The Morgan fingerprint density at radius 3 is 2.75 bits per heavy atom. The lowest BCUT2D eigenvalue weighted by Crippen LogP contribution is -2.53. The number of aromatic nitrogens is 1. The van der Waals surface area contributed by atoms with Gasteiger partial charge in [-0.05, 0) is 20.9 Å². The maximum absolute atomic E-state index is 12.8. The van der Waals surface area contributed by atoms with Crippen molar-refractivity contribution in [1.82, 2.24) is 14.8 Å². The van der Waals surface area contributed by atoms with Gasteiger partial charge in [-0.2, -0.15) is 0 Å². The Balaban J connectivity index is 0.000000891. The van der Waals surface area contributed by atoms with Crippen LogP contribution in [-0.2, 0) is 9.53 Å². The van der Waals surface area contributed by atoms with E-state index in [4.69, 9.17) is 19.7 Å². The van der Waals surface area contributed by atoms with Crippen molar-refractivity contribution in [2.24, 2.45) is 0 Å². The SMILES string of the molecule is Cc1nc(C)c(C(=O)N2CCOCC2CN(C)CCO)s1.O=CO. The number of aliphatic hydroxyl groups is 1. The van der Waals surface area contributed by atoms with Gasteiger partial charge in [0.15, 0.2) is 0 Å². The van der Waals surface area contributed by atoms with E-state index >= 15 is 0 Å². The van der Waals surface area contributed by atoms with Crippen molar-refractivity contribution < 1.29 is 24.5 Å². The molecule has 2 heterocycles.